The molecule has 0 spiro atoms. The lowest BCUT2D eigenvalue weighted by Crippen LogP contribution is -2.29. The lowest BCUT2D eigenvalue weighted by molar-refractivity contribution is -0.133. The van der Waals surface area contributed by atoms with Gasteiger partial charge >= 0.3 is 5.97 Å². The van der Waals surface area contributed by atoms with Gasteiger partial charge in [-0.2, -0.15) is 4.98 Å². The molecule has 1 fully saturated rings. The smallest absolute Gasteiger partial charge is 0.313 e. The average Bonchev–Trinajstić information content (AvgIpc) is 2.40. The molecule has 1 aliphatic rings. The minimum absolute atomic E-state index is 0.0763. The number of hydrogen-bond acceptors (Lipinski definition) is 4. The van der Waals surface area contributed by atoms with E-state index in [1.54, 1.807) is 6.20 Å². The van der Waals surface area contributed by atoms with Crippen molar-refractivity contribution in [3.05, 3.63) is 22.6 Å². The molecule has 0 radical (unpaired) electrons. The largest absolute Gasteiger partial charge is 0.481 e. The van der Waals surface area contributed by atoms with E-state index in [0.717, 1.165) is 24.6 Å². The molecule has 0 saturated heterocycles. The highest BCUT2D eigenvalue weighted by atomic mass is 32.2. The normalized spacial score (nSPS) is 26.4. The molecule has 3 unspecified atom stereocenters. The van der Waals surface area contributed by atoms with Crippen molar-refractivity contribution < 1.29 is 9.90 Å². The summed E-state index contributed by atoms with van der Waals surface area (Å²) in [4.78, 5) is 26.1. The van der Waals surface area contributed by atoms with Crippen LogP contribution < -0.4 is 5.56 Å². The zero-order chi connectivity index (χ0) is 14.7. The van der Waals surface area contributed by atoms with Gasteiger partial charge in [-0.3, -0.25) is 9.59 Å². The molecular formula is C14H20N2O3S. The molecule has 1 heterocycles. The molecule has 20 heavy (non-hydrogen) atoms. The first-order valence-corrected chi connectivity index (χ1v) is 7.91. The summed E-state index contributed by atoms with van der Waals surface area (Å²) in [6, 6.07) is 1.75. The van der Waals surface area contributed by atoms with Gasteiger partial charge in [-0.25, -0.2) is 0 Å². The van der Waals surface area contributed by atoms with Crippen LogP contribution in [-0.4, -0.2) is 26.4 Å². The van der Waals surface area contributed by atoms with Gasteiger partial charge in [0.15, 0.2) is 5.16 Å². The molecule has 1 aliphatic carbocycles. The third-order valence-corrected chi connectivity index (χ3v) is 5.10. The van der Waals surface area contributed by atoms with Crippen molar-refractivity contribution in [2.24, 2.45) is 11.8 Å². The second-order valence-electron chi connectivity index (χ2n) is 5.47. The predicted molar refractivity (Wildman–Crippen MR) is 78.1 cm³/mol. The Morgan fingerprint density at radius 2 is 2.25 bits per heavy atom. The second-order valence-corrected chi connectivity index (χ2v) is 6.42. The van der Waals surface area contributed by atoms with Crippen LogP contribution in [0.2, 0.25) is 0 Å². The van der Waals surface area contributed by atoms with Gasteiger partial charge in [-0.1, -0.05) is 38.5 Å². The zero-order valence-electron chi connectivity index (χ0n) is 11.8. The molecule has 0 aliphatic heterocycles. The number of rotatable bonds is 4. The van der Waals surface area contributed by atoms with Crippen molar-refractivity contribution in [2.75, 3.05) is 5.75 Å². The third kappa shape index (κ3) is 3.42. The van der Waals surface area contributed by atoms with E-state index in [1.165, 1.54) is 12.5 Å². The van der Waals surface area contributed by atoms with E-state index >= 15 is 0 Å². The van der Waals surface area contributed by atoms with Gasteiger partial charge in [0.25, 0.3) is 5.56 Å². The maximum atomic E-state index is 11.4. The Morgan fingerprint density at radius 3 is 2.95 bits per heavy atom. The SMILES string of the molecule is CC1CCCC(n2ccc(=O)nc2SCC(=O)O)C1C. The van der Waals surface area contributed by atoms with Crippen LogP contribution in [0.5, 0.6) is 0 Å². The molecule has 5 nitrogen and oxygen atoms in total. The average molecular weight is 296 g/mol. The van der Waals surface area contributed by atoms with Crippen LogP contribution in [0.25, 0.3) is 0 Å². The standard InChI is InChI=1S/C14H20N2O3S/c1-9-4-3-5-11(10(9)2)16-7-6-12(17)15-14(16)20-8-13(18)19/h6-7,9-11H,3-5,8H2,1-2H3,(H,18,19). The Kier molecular flexibility index (Phi) is 4.86. The number of carbonyl (C=O) groups is 1. The molecule has 6 heteroatoms. The van der Waals surface area contributed by atoms with Crippen molar-refractivity contribution in [1.29, 1.82) is 0 Å². The Labute approximate surface area is 122 Å². The molecule has 2 rings (SSSR count). The van der Waals surface area contributed by atoms with Gasteiger partial charge in [0.2, 0.25) is 0 Å². The van der Waals surface area contributed by atoms with Crippen molar-refractivity contribution >= 4 is 17.7 Å². The molecule has 1 aromatic rings. The van der Waals surface area contributed by atoms with Crippen molar-refractivity contribution in [3.63, 3.8) is 0 Å². The zero-order valence-corrected chi connectivity index (χ0v) is 12.6. The van der Waals surface area contributed by atoms with Gasteiger partial charge in [0.1, 0.15) is 0 Å². The van der Waals surface area contributed by atoms with Crippen LogP contribution in [0, 0.1) is 11.8 Å². The number of carboxylic acid groups (broad SMARTS) is 1. The third-order valence-electron chi connectivity index (χ3n) is 4.15. The van der Waals surface area contributed by atoms with E-state index in [1.807, 2.05) is 4.57 Å². The molecule has 1 saturated carbocycles. The van der Waals surface area contributed by atoms with Crippen molar-refractivity contribution in [1.82, 2.24) is 9.55 Å². The summed E-state index contributed by atoms with van der Waals surface area (Å²) in [5.41, 5.74) is -0.314. The molecule has 0 aromatic carbocycles. The summed E-state index contributed by atoms with van der Waals surface area (Å²) in [6.45, 7) is 4.47. The second kappa shape index (κ2) is 6.43. The van der Waals surface area contributed by atoms with Gasteiger partial charge < -0.3 is 9.67 Å². The highest BCUT2D eigenvalue weighted by molar-refractivity contribution is 7.99. The van der Waals surface area contributed by atoms with E-state index < -0.39 is 5.97 Å². The fourth-order valence-corrected chi connectivity index (χ4v) is 3.58. The maximum absolute atomic E-state index is 11.4. The molecule has 1 aromatic heterocycles. The molecule has 110 valence electrons. The Morgan fingerprint density at radius 1 is 1.50 bits per heavy atom. The summed E-state index contributed by atoms with van der Waals surface area (Å²) in [5, 5.41) is 9.32. The molecule has 0 bridgehead atoms. The first-order valence-electron chi connectivity index (χ1n) is 6.93. The Bertz CT molecular complexity index is 543. The minimum atomic E-state index is -0.898. The quantitative estimate of drug-likeness (QED) is 0.682. The van der Waals surface area contributed by atoms with Crippen LogP contribution in [0.1, 0.15) is 39.2 Å². The maximum Gasteiger partial charge on any atom is 0.313 e. The van der Waals surface area contributed by atoms with Gasteiger partial charge in [-0.15, -0.1) is 0 Å². The lowest BCUT2D eigenvalue weighted by atomic mass is 9.78. The van der Waals surface area contributed by atoms with E-state index in [0.29, 0.717) is 23.0 Å². The first kappa shape index (κ1) is 15.1. The fraction of sp³-hybridized carbons (Fsp3) is 0.643. The van der Waals surface area contributed by atoms with Gasteiger partial charge in [0, 0.05) is 18.3 Å². The number of thioether (sulfide) groups is 1. The number of aliphatic carboxylic acids is 1. The molecule has 0 amide bonds. The van der Waals surface area contributed by atoms with Crippen LogP contribution in [0.4, 0.5) is 0 Å². The summed E-state index contributed by atoms with van der Waals surface area (Å²) in [5.74, 6) is 0.153. The highest BCUT2D eigenvalue weighted by Gasteiger charge is 2.29. The van der Waals surface area contributed by atoms with Crippen molar-refractivity contribution in [2.45, 2.75) is 44.3 Å². The van der Waals surface area contributed by atoms with Gasteiger partial charge in [-0.05, 0) is 18.3 Å². The Hall–Kier alpha value is -1.30. The number of hydrogen-bond donors (Lipinski definition) is 1. The monoisotopic (exact) mass is 296 g/mol. The Balaban J connectivity index is 2.29. The fourth-order valence-electron chi connectivity index (χ4n) is 2.83. The summed E-state index contributed by atoms with van der Waals surface area (Å²) in [7, 11) is 0. The molecule has 1 N–H and O–H groups in total. The minimum Gasteiger partial charge on any atom is -0.481 e. The van der Waals surface area contributed by atoms with Crippen LogP contribution in [0.3, 0.4) is 0 Å². The number of carboxylic acids is 1. The highest BCUT2D eigenvalue weighted by Crippen LogP contribution is 2.38. The van der Waals surface area contributed by atoms with E-state index in [2.05, 4.69) is 18.8 Å². The predicted octanol–water partition coefficient (Wildman–Crippen LogP) is 2.42. The summed E-state index contributed by atoms with van der Waals surface area (Å²) < 4.78 is 2.00. The first-order chi connectivity index (χ1) is 9.49. The van der Waals surface area contributed by atoms with Crippen molar-refractivity contribution in [3.8, 4) is 0 Å². The van der Waals surface area contributed by atoms with Gasteiger partial charge in [0.05, 0.1) is 5.75 Å². The van der Waals surface area contributed by atoms with E-state index in [-0.39, 0.29) is 11.3 Å². The molecular weight excluding hydrogens is 276 g/mol. The number of aromatic nitrogens is 2. The topological polar surface area (TPSA) is 72.2 Å². The lowest BCUT2D eigenvalue weighted by Gasteiger charge is -2.36. The summed E-state index contributed by atoms with van der Waals surface area (Å²) in [6.07, 6.45) is 5.20. The van der Waals surface area contributed by atoms with Crippen LogP contribution in [-0.2, 0) is 4.79 Å². The number of nitrogens with zero attached hydrogens (tertiary/aromatic N) is 2. The van der Waals surface area contributed by atoms with Crippen LogP contribution >= 0.6 is 11.8 Å². The van der Waals surface area contributed by atoms with E-state index in [4.69, 9.17) is 5.11 Å². The molecule has 3 atom stereocenters. The summed E-state index contributed by atoms with van der Waals surface area (Å²) >= 11 is 1.12. The van der Waals surface area contributed by atoms with Crippen LogP contribution in [0.15, 0.2) is 22.2 Å². The van der Waals surface area contributed by atoms with E-state index in [9.17, 15) is 9.59 Å².